The predicted molar refractivity (Wildman–Crippen MR) is 103 cm³/mol. The van der Waals surface area contributed by atoms with E-state index >= 15 is 0 Å². The van der Waals surface area contributed by atoms with Crippen molar-refractivity contribution in [2.45, 2.75) is 26.2 Å². The summed E-state index contributed by atoms with van der Waals surface area (Å²) < 4.78 is 52.1. The average Bonchev–Trinajstić information content (AvgIpc) is 2.55. The summed E-state index contributed by atoms with van der Waals surface area (Å²) >= 11 is 0. The first-order chi connectivity index (χ1) is 11.8. The minimum Gasteiger partial charge on any atom is -0.352 e. The van der Waals surface area contributed by atoms with Crippen molar-refractivity contribution in [2.24, 2.45) is 4.99 Å². The van der Waals surface area contributed by atoms with Crippen molar-refractivity contribution < 1.29 is 17.6 Å². The maximum atomic E-state index is 13.1. The molecule has 2 N–H and O–H groups in total. The van der Waals surface area contributed by atoms with Crippen LogP contribution in [0.4, 0.5) is 17.6 Å². The van der Waals surface area contributed by atoms with Gasteiger partial charge in [0.15, 0.2) is 5.96 Å². The summed E-state index contributed by atoms with van der Waals surface area (Å²) in [7, 11) is 1.51. The normalized spacial score (nSPS) is 11.7. The van der Waals surface area contributed by atoms with Crippen LogP contribution >= 0.6 is 24.0 Å². The van der Waals surface area contributed by atoms with Gasteiger partial charge in [-0.3, -0.25) is 9.98 Å². The highest BCUT2D eigenvalue weighted by Gasteiger charge is 2.33. The smallest absolute Gasteiger partial charge is 0.352 e. The van der Waals surface area contributed by atoms with Crippen LogP contribution in [0, 0.1) is 12.7 Å². The van der Waals surface area contributed by atoms with Gasteiger partial charge in [-0.25, -0.2) is 4.39 Å². The van der Waals surface area contributed by atoms with E-state index in [0.29, 0.717) is 18.6 Å². The molecule has 1 aromatic carbocycles. The zero-order chi connectivity index (χ0) is 18.4. The molecule has 0 atom stereocenters. The molecule has 0 amide bonds. The molecule has 9 heteroatoms. The second-order valence-electron chi connectivity index (χ2n) is 5.35. The van der Waals surface area contributed by atoms with Crippen molar-refractivity contribution in [1.82, 2.24) is 15.6 Å². The van der Waals surface area contributed by atoms with Crippen LogP contribution in [0.25, 0.3) is 0 Å². The molecule has 26 heavy (non-hydrogen) atoms. The Morgan fingerprint density at radius 2 is 1.81 bits per heavy atom. The monoisotopic (exact) mass is 482 g/mol. The number of aromatic nitrogens is 1. The van der Waals surface area contributed by atoms with E-state index in [-0.39, 0.29) is 36.1 Å². The highest BCUT2D eigenvalue weighted by Crippen LogP contribution is 2.32. The fourth-order valence-corrected chi connectivity index (χ4v) is 2.24. The summed E-state index contributed by atoms with van der Waals surface area (Å²) in [6.07, 6.45) is -4.62. The zero-order valence-electron chi connectivity index (χ0n) is 14.2. The lowest BCUT2D eigenvalue weighted by Crippen LogP contribution is -2.37. The molecule has 0 unspecified atom stereocenters. The van der Waals surface area contributed by atoms with Crippen LogP contribution in [-0.2, 0) is 19.3 Å². The third-order valence-electron chi connectivity index (χ3n) is 3.43. The molecule has 0 radical (unpaired) electrons. The SMILES string of the molecule is CN=C(NCc1cccc(C)n1)NCc1ccc(F)cc1C(F)(F)F.I. The highest BCUT2D eigenvalue weighted by molar-refractivity contribution is 14.0. The third kappa shape index (κ3) is 6.43. The van der Waals surface area contributed by atoms with E-state index in [1.54, 1.807) is 0 Å². The van der Waals surface area contributed by atoms with E-state index in [9.17, 15) is 17.6 Å². The Kier molecular flexibility index (Phi) is 8.25. The van der Waals surface area contributed by atoms with Crippen molar-refractivity contribution in [3.63, 3.8) is 0 Å². The number of aliphatic imine (C=N–C) groups is 1. The topological polar surface area (TPSA) is 49.3 Å². The molecule has 2 aromatic rings. The van der Waals surface area contributed by atoms with E-state index in [1.807, 2.05) is 25.1 Å². The molecular formula is C17H19F4IN4. The molecule has 0 spiro atoms. The number of pyridine rings is 1. The number of alkyl halides is 3. The number of hydrogen-bond donors (Lipinski definition) is 2. The first-order valence-electron chi connectivity index (χ1n) is 7.52. The van der Waals surface area contributed by atoms with Gasteiger partial charge in [0.25, 0.3) is 0 Å². The Balaban J connectivity index is 0.00000338. The molecule has 0 aliphatic heterocycles. The number of aryl methyl sites for hydroxylation is 1. The number of nitrogens with one attached hydrogen (secondary N) is 2. The lowest BCUT2D eigenvalue weighted by atomic mass is 10.1. The number of nitrogens with zero attached hydrogens (tertiary/aromatic N) is 2. The van der Waals surface area contributed by atoms with Crippen LogP contribution in [0.5, 0.6) is 0 Å². The van der Waals surface area contributed by atoms with Crippen molar-refractivity contribution in [2.75, 3.05) is 7.05 Å². The van der Waals surface area contributed by atoms with Gasteiger partial charge in [0.05, 0.1) is 17.8 Å². The van der Waals surface area contributed by atoms with E-state index in [4.69, 9.17) is 0 Å². The standard InChI is InChI=1S/C17H18F4N4.HI/c1-11-4-3-5-14(25-11)10-24-16(22-2)23-9-12-6-7-13(18)8-15(12)17(19,20)21;/h3-8H,9-10H2,1-2H3,(H2,22,23,24);1H. The molecule has 0 aliphatic carbocycles. The number of halogens is 5. The molecule has 0 bridgehead atoms. The molecule has 142 valence electrons. The Labute approximate surface area is 166 Å². The quantitative estimate of drug-likeness (QED) is 0.300. The summed E-state index contributed by atoms with van der Waals surface area (Å²) in [6, 6.07) is 8.16. The summed E-state index contributed by atoms with van der Waals surface area (Å²) in [5.74, 6) is -0.607. The lowest BCUT2D eigenvalue weighted by Gasteiger charge is -2.16. The second kappa shape index (κ2) is 9.70. The minimum absolute atomic E-state index is 0. The van der Waals surface area contributed by atoms with Gasteiger partial charge in [0, 0.05) is 19.3 Å². The summed E-state index contributed by atoms with van der Waals surface area (Å²) in [5, 5.41) is 5.77. The van der Waals surface area contributed by atoms with Gasteiger partial charge in [0.2, 0.25) is 0 Å². The van der Waals surface area contributed by atoms with Crippen LogP contribution in [0.15, 0.2) is 41.4 Å². The molecular weight excluding hydrogens is 463 g/mol. The molecule has 1 aromatic heterocycles. The van der Waals surface area contributed by atoms with Crippen molar-refractivity contribution in [3.8, 4) is 0 Å². The number of benzene rings is 1. The van der Waals surface area contributed by atoms with Crippen molar-refractivity contribution >= 4 is 29.9 Å². The van der Waals surface area contributed by atoms with Crippen LogP contribution in [0.3, 0.4) is 0 Å². The summed E-state index contributed by atoms with van der Waals surface area (Å²) in [5.41, 5.74) is 0.574. The van der Waals surface area contributed by atoms with E-state index in [2.05, 4.69) is 20.6 Å². The van der Waals surface area contributed by atoms with Gasteiger partial charge in [-0.2, -0.15) is 13.2 Å². The van der Waals surface area contributed by atoms with E-state index < -0.39 is 17.6 Å². The summed E-state index contributed by atoms with van der Waals surface area (Å²) in [4.78, 5) is 8.28. The van der Waals surface area contributed by atoms with Gasteiger partial charge >= 0.3 is 6.18 Å². The maximum absolute atomic E-state index is 13.1. The first kappa shape index (κ1) is 22.1. The second-order valence-corrected chi connectivity index (χ2v) is 5.35. The minimum atomic E-state index is -4.62. The van der Waals surface area contributed by atoms with Crippen molar-refractivity contribution in [3.05, 3.63) is 64.7 Å². The van der Waals surface area contributed by atoms with Crippen LogP contribution in [0.2, 0.25) is 0 Å². The fourth-order valence-electron chi connectivity index (χ4n) is 2.24. The first-order valence-corrected chi connectivity index (χ1v) is 7.52. The molecule has 4 nitrogen and oxygen atoms in total. The molecule has 0 fully saturated rings. The Hall–Kier alpha value is -1.91. The molecule has 0 aliphatic rings. The van der Waals surface area contributed by atoms with Gasteiger partial charge in [-0.15, -0.1) is 24.0 Å². The van der Waals surface area contributed by atoms with Gasteiger partial charge < -0.3 is 10.6 Å². The predicted octanol–water partition coefficient (Wildman–Crippen LogP) is 4.03. The number of rotatable bonds is 4. The highest BCUT2D eigenvalue weighted by atomic mass is 127. The van der Waals surface area contributed by atoms with Crippen LogP contribution < -0.4 is 10.6 Å². The van der Waals surface area contributed by atoms with Gasteiger partial charge in [-0.05, 0) is 36.8 Å². The molecule has 1 heterocycles. The molecule has 2 rings (SSSR count). The van der Waals surface area contributed by atoms with Gasteiger partial charge in [0.1, 0.15) is 5.82 Å². The Morgan fingerprint density at radius 3 is 2.42 bits per heavy atom. The van der Waals surface area contributed by atoms with Crippen molar-refractivity contribution in [1.29, 1.82) is 0 Å². The number of guanidine groups is 1. The average molecular weight is 482 g/mol. The lowest BCUT2D eigenvalue weighted by molar-refractivity contribution is -0.138. The van der Waals surface area contributed by atoms with E-state index in [1.165, 1.54) is 7.05 Å². The zero-order valence-corrected chi connectivity index (χ0v) is 16.5. The largest absolute Gasteiger partial charge is 0.416 e. The van der Waals surface area contributed by atoms with Crippen LogP contribution in [-0.4, -0.2) is 18.0 Å². The van der Waals surface area contributed by atoms with Crippen LogP contribution in [0.1, 0.15) is 22.5 Å². The summed E-state index contributed by atoms with van der Waals surface area (Å²) in [6.45, 7) is 2.09. The maximum Gasteiger partial charge on any atom is 0.416 e. The fraction of sp³-hybridized carbons (Fsp3) is 0.294. The molecule has 0 saturated carbocycles. The van der Waals surface area contributed by atoms with E-state index in [0.717, 1.165) is 23.5 Å². The Bertz CT molecular complexity index is 763. The third-order valence-corrected chi connectivity index (χ3v) is 3.43. The van der Waals surface area contributed by atoms with Gasteiger partial charge in [-0.1, -0.05) is 12.1 Å². The molecule has 0 saturated heterocycles. The number of hydrogen-bond acceptors (Lipinski definition) is 2. The Morgan fingerprint density at radius 1 is 1.12 bits per heavy atom.